The second-order valence-electron chi connectivity index (χ2n) is 7.03. The van der Waals surface area contributed by atoms with E-state index < -0.39 is 0 Å². The first kappa shape index (κ1) is 18.7. The van der Waals surface area contributed by atoms with Crippen LogP contribution in [0.1, 0.15) is 33.1 Å². The normalized spacial score (nSPS) is 12.7. The number of hydrogen-bond acceptors (Lipinski definition) is 6. The number of nitrogen functional groups attached to an aromatic ring is 1. The lowest BCUT2D eigenvalue weighted by Gasteiger charge is -2.16. The number of carbonyl (C=O) groups excluding carboxylic acids is 1. The van der Waals surface area contributed by atoms with Crippen LogP contribution in [0, 0.1) is 13.8 Å². The van der Waals surface area contributed by atoms with Gasteiger partial charge >= 0.3 is 0 Å². The van der Waals surface area contributed by atoms with E-state index >= 15 is 0 Å². The third-order valence-electron chi connectivity index (χ3n) is 5.03. The number of ether oxygens (including phenoxy) is 1. The van der Waals surface area contributed by atoms with E-state index in [1.54, 1.807) is 37.1 Å². The third-order valence-corrected chi connectivity index (χ3v) is 5.03. The molecule has 3 heterocycles. The zero-order valence-electron chi connectivity index (χ0n) is 16.4. The van der Waals surface area contributed by atoms with Crippen LogP contribution in [0.5, 0.6) is 5.75 Å². The molecule has 0 atom stereocenters. The summed E-state index contributed by atoms with van der Waals surface area (Å²) in [6, 6.07) is 9.00. The molecule has 0 radical (unpaired) electrons. The number of rotatable bonds is 3. The van der Waals surface area contributed by atoms with Gasteiger partial charge in [-0.1, -0.05) is 12.1 Å². The summed E-state index contributed by atoms with van der Waals surface area (Å²) in [5.41, 5.74) is 9.76. The SMILES string of the molecule is COc1cc(-c2cccc(C(=O)N3Cc4nc(C)[nH]c(=O)c4C3)c2)c(N)nc1C. The Hall–Kier alpha value is -3.68. The molecule has 8 heteroatoms. The molecule has 0 fully saturated rings. The van der Waals surface area contributed by atoms with Gasteiger partial charge in [-0.05, 0) is 37.6 Å². The van der Waals surface area contributed by atoms with Crippen molar-refractivity contribution in [1.82, 2.24) is 19.9 Å². The number of fused-ring (bicyclic) bond motifs is 1. The monoisotopic (exact) mass is 391 g/mol. The van der Waals surface area contributed by atoms with Gasteiger partial charge in [-0.25, -0.2) is 9.97 Å². The Labute approximate surface area is 167 Å². The summed E-state index contributed by atoms with van der Waals surface area (Å²) in [5, 5.41) is 0. The molecule has 3 aromatic rings. The summed E-state index contributed by atoms with van der Waals surface area (Å²) < 4.78 is 5.35. The van der Waals surface area contributed by atoms with Crippen LogP contribution in [0.3, 0.4) is 0 Å². The Kier molecular flexibility index (Phi) is 4.54. The molecule has 0 spiro atoms. The van der Waals surface area contributed by atoms with E-state index in [1.807, 2.05) is 19.1 Å². The predicted octanol–water partition coefficient (Wildman–Crippen LogP) is 2.20. The van der Waals surface area contributed by atoms with Crippen LogP contribution in [0.15, 0.2) is 35.1 Å². The van der Waals surface area contributed by atoms with Gasteiger partial charge in [0.05, 0.1) is 37.2 Å². The highest BCUT2D eigenvalue weighted by Gasteiger charge is 2.28. The lowest BCUT2D eigenvalue weighted by Crippen LogP contribution is -2.26. The second kappa shape index (κ2) is 7.05. The van der Waals surface area contributed by atoms with Crippen LogP contribution >= 0.6 is 0 Å². The van der Waals surface area contributed by atoms with Gasteiger partial charge in [0.25, 0.3) is 11.5 Å². The highest BCUT2D eigenvalue weighted by Crippen LogP contribution is 2.31. The topological polar surface area (TPSA) is 114 Å². The fourth-order valence-electron chi connectivity index (χ4n) is 3.58. The molecule has 1 aliphatic rings. The summed E-state index contributed by atoms with van der Waals surface area (Å²) >= 11 is 0. The number of hydrogen-bond donors (Lipinski definition) is 2. The number of nitrogens with zero attached hydrogens (tertiary/aromatic N) is 3. The number of nitrogens with one attached hydrogen (secondary N) is 1. The number of H-pyrrole nitrogens is 1. The summed E-state index contributed by atoms with van der Waals surface area (Å²) in [5.74, 6) is 1.36. The molecule has 1 aromatic carbocycles. The molecule has 0 unspecified atom stereocenters. The van der Waals surface area contributed by atoms with E-state index in [0.717, 1.165) is 5.56 Å². The number of aromatic amines is 1. The van der Waals surface area contributed by atoms with E-state index in [9.17, 15) is 9.59 Å². The lowest BCUT2D eigenvalue weighted by atomic mass is 10.0. The number of carbonyl (C=O) groups is 1. The van der Waals surface area contributed by atoms with Crippen molar-refractivity contribution in [2.75, 3.05) is 12.8 Å². The minimum absolute atomic E-state index is 0.174. The third kappa shape index (κ3) is 3.33. The molecule has 2 aromatic heterocycles. The molecule has 148 valence electrons. The average Bonchev–Trinajstić information content (AvgIpc) is 3.12. The van der Waals surface area contributed by atoms with Crippen molar-refractivity contribution in [2.24, 2.45) is 0 Å². The Morgan fingerprint density at radius 3 is 2.76 bits per heavy atom. The van der Waals surface area contributed by atoms with Crippen LogP contribution in [-0.2, 0) is 13.1 Å². The smallest absolute Gasteiger partial charge is 0.256 e. The van der Waals surface area contributed by atoms with Gasteiger partial charge in [0.15, 0.2) is 0 Å². The molecule has 0 saturated heterocycles. The summed E-state index contributed by atoms with van der Waals surface area (Å²) in [4.78, 5) is 38.2. The van der Waals surface area contributed by atoms with Crippen molar-refractivity contribution in [3.05, 3.63) is 69.0 Å². The molecule has 0 bridgehead atoms. The highest BCUT2D eigenvalue weighted by molar-refractivity contribution is 5.96. The number of methoxy groups -OCH3 is 1. The average molecular weight is 391 g/mol. The fraction of sp³-hybridized carbons (Fsp3) is 0.238. The molecule has 4 rings (SSSR count). The molecular formula is C21H21N5O3. The van der Waals surface area contributed by atoms with Crippen molar-refractivity contribution >= 4 is 11.7 Å². The van der Waals surface area contributed by atoms with Crippen molar-refractivity contribution in [1.29, 1.82) is 0 Å². The second-order valence-corrected chi connectivity index (χ2v) is 7.03. The number of aryl methyl sites for hydroxylation is 2. The Balaban J connectivity index is 1.66. The number of amides is 1. The van der Waals surface area contributed by atoms with Gasteiger partial charge in [-0.3, -0.25) is 9.59 Å². The molecule has 1 amide bonds. The highest BCUT2D eigenvalue weighted by atomic mass is 16.5. The standard InChI is InChI=1S/C21H21N5O3/c1-11-18(29-3)8-15(19(22)23-11)13-5-4-6-14(7-13)21(28)26-9-16-17(10-26)24-12(2)25-20(16)27/h4-8H,9-10H2,1-3H3,(H2,22,23)(H,24,25,27). The molecule has 0 aliphatic carbocycles. The number of aromatic nitrogens is 3. The van der Waals surface area contributed by atoms with Crippen molar-refractivity contribution in [3.8, 4) is 16.9 Å². The number of anilines is 1. The summed E-state index contributed by atoms with van der Waals surface area (Å²) in [6.45, 7) is 4.10. The maximum absolute atomic E-state index is 13.1. The van der Waals surface area contributed by atoms with Gasteiger partial charge in [0.2, 0.25) is 0 Å². The van der Waals surface area contributed by atoms with E-state index in [4.69, 9.17) is 10.5 Å². The van der Waals surface area contributed by atoms with Crippen LogP contribution in [0.4, 0.5) is 5.82 Å². The number of benzene rings is 1. The quantitative estimate of drug-likeness (QED) is 0.707. The van der Waals surface area contributed by atoms with Gasteiger partial charge in [-0.2, -0.15) is 0 Å². The number of nitrogens with two attached hydrogens (primary N) is 1. The van der Waals surface area contributed by atoms with Crippen LogP contribution in [0.2, 0.25) is 0 Å². The zero-order chi connectivity index (χ0) is 20.7. The van der Waals surface area contributed by atoms with E-state index in [1.165, 1.54) is 0 Å². The zero-order valence-corrected chi connectivity index (χ0v) is 16.4. The molecule has 0 saturated carbocycles. The fourth-order valence-corrected chi connectivity index (χ4v) is 3.58. The minimum Gasteiger partial charge on any atom is -0.495 e. The first-order chi connectivity index (χ1) is 13.9. The first-order valence-corrected chi connectivity index (χ1v) is 9.17. The van der Waals surface area contributed by atoms with Crippen LogP contribution in [-0.4, -0.2) is 32.9 Å². The van der Waals surface area contributed by atoms with E-state index in [-0.39, 0.29) is 18.0 Å². The van der Waals surface area contributed by atoms with E-state index in [0.29, 0.717) is 52.0 Å². The first-order valence-electron chi connectivity index (χ1n) is 9.17. The molecule has 3 N–H and O–H groups in total. The van der Waals surface area contributed by atoms with Crippen LogP contribution in [0.25, 0.3) is 11.1 Å². The van der Waals surface area contributed by atoms with Gasteiger partial charge < -0.3 is 20.4 Å². The van der Waals surface area contributed by atoms with Gasteiger partial charge in [0, 0.05) is 11.1 Å². The largest absolute Gasteiger partial charge is 0.495 e. The maximum atomic E-state index is 13.1. The molecule has 29 heavy (non-hydrogen) atoms. The van der Waals surface area contributed by atoms with Crippen molar-refractivity contribution < 1.29 is 9.53 Å². The molecule has 1 aliphatic heterocycles. The Bertz CT molecular complexity index is 1190. The molecular weight excluding hydrogens is 370 g/mol. The minimum atomic E-state index is -0.192. The Morgan fingerprint density at radius 2 is 2.00 bits per heavy atom. The molecule has 8 nitrogen and oxygen atoms in total. The predicted molar refractivity (Wildman–Crippen MR) is 109 cm³/mol. The van der Waals surface area contributed by atoms with Crippen molar-refractivity contribution in [2.45, 2.75) is 26.9 Å². The lowest BCUT2D eigenvalue weighted by molar-refractivity contribution is 0.0750. The van der Waals surface area contributed by atoms with Gasteiger partial charge in [0.1, 0.15) is 17.4 Å². The van der Waals surface area contributed by atoms with E-state index in [2.05, 4.69) is 15.0 Å². The summed E-state index contributed by atoms with van der Waals surface area (Å²) in [7, 11) is 1.58. The summed E-state index contributed by atoms with van der Waals surface area (Å²) in [6.07, 6.45) is 0. The maximum Gasteiger partial charge on any atom is 0.256 e. The van der Waals surface area contributed by atoms with Crippen LogP contribution < -0.4 is 16.0 Å². The Morgan fingerprint density at radius 1 is 1.21 bits per heavy atom. The van der Waals surface area contributed by atoms with Crippen molar-refractivity contribution in [3.63, 3.8) is 0 Å². The number of pyridine rings is 1. The van der Waals surface area contributed by atoms with Gasteiger partial charge in [-0.15, -0.1) is 0 Å².